The lowest BCUT2D eigenvalue weighted by Gasteiger charge is -2.40. The molecule has 2 aliphatic heterocycles. The van der Waals surface area contributed by atoms with Gasteiger partial charge in [0, 0.05) is 19.6 Å². The van der Waals surface area contributed by atoms with Crippen molar-refractivity contribution >= 4 is 0 Å². The molecule has 0 aromatic carbocycles. The third-order valence-electron chi connectivity index (χ3n) is 4.66. The van der Waals surface area contributed by atoms with Crippen LogP contribution in [0.3, 0.4) is 0 Å². The molecule has 2 rings (SSSR count). The maximum absolute atomic E-state index is 4.02. The first-order chi connectivity index (χ1) is 8.67. The average molecular weight is 250 g/mol. The molecule has 2 heteroatoms. The summed E-state index contributed by atoms with van der Waals surface area (Å²) in [4.78, 5) is 5.13. The van der Waals surface area contributed by atoms with Crippen LogP contribution in [0.5, 0.6) is 0 Å². The Hall–Kier alpha value is -0.340. The normalized spacial score (nSPS) is 24.1. The van der Waals surface area contributed by atoms with E-state index in [0.717, 1.165) is 18.4 Å². The maximum Gasteiger partial charge on any atom is 0.0187 e. The van der Waals surface area contributed by atoms with Crippen LogP contribution in [0.25, 0.3) is 0 Å². The van der Waals surface area contributed by atoms with Crippen molar-refractivity contribution in [3.8, 4) is 0 Å². The highest BCUT2D eigenvalue weighted by Gasteiger charge is 2.26. The Morgan fingerprint density at radius 1 is 1.06 bits per heavy atom. The molecule has 0 N–H and O–H groups in total. The summed E-state index contributed by atoms with van der Waals surface area (Å²) in [5, 5.41) is 0. The van der Waals surface area contributed by atoms with Crippen LogP contribution >= 0.6 is 0 Å². The SMILES string of the molecule is C=C(C)CN1CCC(CCC2CN(CC)C2)CC1. The van der Waals surface area contributed by atoms with Gasteiger partial charge < -0.3 is 4.90 Å². The third-order valence-corrected chi connectivity index (χ3v) is 4.66. The van der Waals surface area contributed by atoms with Gasteiger partial charge in [0.05, 0.1) is 0 Å². The van der Waals surface area contributed by atoms with E-state index in [2.05, 4.69) is 30.2 Å². The first-order valence-corrected chi connectivity index (χ1v) is 7.76. The molecule has 0 spiro atoms. The van der Waals surface area contributed by atoms with Gasteiger partial charge in [-0.25, -0.2) is 0 Å². The summed E-state index contributed by atoms with van der Waals surface area (Å²) >= 11 is 0. The van der Waals surface area contributed by atoms with Crippen molar-refractivity contribution in [2.45, 2.75) is 39.5 Å². The smallest absolute Gasteiger partial charge is 0.0187 e. The molecule has 0 bridgehead atoms. The number of piperidine rings is 1. The number of hydrogen-bond acceptors (Lipinski definition) is 2. The summed E-state index contributed by atoms with van der Waals surface area (Å²) in [7, 11) is 0. The minimum absolute atomic E-state index is 1.00. The fraction of sp³-hybridized carbons (Fsp3) is 0.875. The van der Waals surface area contributed by atoms with Crippen LogP contribution in [0, 0.1) is 11.8 Å². The summed E-state index contributed by atoms with van der Waals surface area (Å²) in [5.41, 5.74) is 1.31. The Morgan fingerprint density at radius 3 is 2.22 bits per heavy atom. The fourth-order valence-corrected chi connectivity index (χ4v) is 3.40. The van der Waals surface area contributed by atoms with E-state index >= 15 is 0 Å². The number of rotatable bonds is 6. The highest BCUT2D eigenvalue weighted by atomic mass is 15.2. The van der Waals surface area contributed by atoms with Gasteiger partial charge in [-0.05, 0) is 64.1 Å². The maximum atomic E-state index is 4.02. The van der Waals surface area contributed by atoms with E-state index in [4.69, 9.17) is 0 Å². The van der Waals surface area contributed by atoms with Gasteiger partial charge in [-0.15, -0.1) is 0 Å². The predicted octanol–water partition coefficient (Wildman–Crippen LogP) is 3.01. The van der Waals surface area contributed by atoms with Gasteiger partial charge in [0.1, 0.15) is 0 Å². The summed E-state index contributed by atoms with van der Waals surface area (Å²) in [6.07, 6.45) is 5.78. The first-order valence-electron chi connectivity index (χ1n) is 7.76. The lowest BCUT2D eigenvalue weighted by atomic mass is 9.86. The van der Waals surface area contributed by atoms with Gasteiger partial charge in [-0.3, -0.25) is 4.90 Å². The van der Waals surface area contributed by atoms with E-state index in [0.29, 0.717) is 0 Å². The van der Waals surface area contributed by atoms with Crippen molar-refractivity contribution in [2.24, 2.45) is 11.8 Å². The highest BCUT2D eigenvalue weighted by molar-refractivity contribution is 4.93. The van der Waals surface area contributed by atoms with Crippen LogP contribution < -0.4 is 0 Å². The van der Waals surface area contributed by atoms with Crippen LogP contribution in [-0.2, 0) is 0 Å². The number of nitrogens with zero attached hydrogens (tertiary/aromatic N) is 2. The van der Waals surface area contributed by atoms with E-state index in [1.807, 2.05) is 0 Å². The van der Waals surface area contributed by atoms with Gasteiger partial charge >= 0.3 is 0 Å². The minimum Gasteiger partial charge on any atom is -0.303 e. The van der Waals surface area contributed by atoms with E-state index in [1.165, 1.54) is 64.0 Å². The molecule has 0 aromatic rings. The van der Waals surface area contributed by atoms with E-state index in [9.17, 15) is 0 Å². The van der Waals surface area contributed by atoms with Crippen LogP contribution in [0.4, 0.5) is 0 Å². The molecule has 2 saturated heterocycles. The minimum atomic E-state index is 1.00. The number of likely N-dealkylation sites (tertiary alicyclic amines) is 2. The molecule has 0 radical (unpaired) electrons. The number of hydrogen-bond donors (Lipinski definition) is 0. The monoisotopic (exact) mass is 250 g/mol. The molecular formula is C16H30N2. The first kappa shape index (κ1) is 14.1. The second kappa shape index (κ2) is 6.72. The van der Waals surface area contributed by atoms with E-state index in [-0.39, 0.29) is 0 Å². The van der Waals surface area contributed by atoms with Gasteiger partial charge in [0.25, 0.3) is 0 Å². The zero-order valence-corrected chi connectivity index (χ0v) is 12.3. The Kier molecular flexibility index (Phi) is 5.25. The summed E-state index contributed by atoms with van der Waals surface area (Å²) < 4.78 is 0. The lowest BCUT2D eigenvalue weighted by Crippen LogP contribution is -2.46. The molecule has 18 heavy (non-hydrogen) atoms. The summed E-state index contributed by atoms with van der Waals surface area (Å²) in [6, 6.07) is 0. The second-order valence-electron chi connectivity index (χ2n) is 6.47. The molecule has 2 aliphatic rings. The lowest BCUT2D eigenvalue weighted by molar-refractivity contribution is 0.0900. The second-order valence-corrected chi connectivity index (χ2v) is 6.47. The van der Waals surface area contributed by atoms with Crippen LogP contribution in [0.15, 0.2) is 12.2 Å². The van der Waals surface area contributed by atoms with Gasteiger partial charge in [-0.1, -0.05) is 19.1 Å². The largest absolute Gasteiger partial charge is 0.303 e. The summed E-state index contributed by atoms with van der Waals surface area (Å²) in [5.74, 6) is 2.01. The topological polar surface area (TPSA) is 6.48 Å². The fourth-order valence-electron chi connectivity index (χ4n) is 3.40. The molecule has 2 fully saturated rings. The predicted molar refractivity (Wildman–Crippen MR) is 78.8 cm³/mol. The van der Waals surface area contributed by atoms with Crippen LogP contribution in [0.1, 0.15) is 39.5 Å². The Balaban J connectivity index is 1.55. The molecule has 0 atom stereocenters. The molecule has 0 amide bonds. The van der Waals surface area contributed by atoms with Crippen LogP contribution in [-0.4, -0.2) is 49.1 Å². The van der Waals surface area contributed by atoms with E-state index in [1.54, 1.807) is 0 Å². The van der Waals surface area contributed by atoms with Crippen molar-refractivity contribution < 1.29 is 0 Å². The molecule has 0 unspecified atom stereocenters. The zero-order valence-electron chi connectivity index (χ0n) is 12.3. The van der Waals surface area contributed by atoms with E-state index < -0.39 is 0 Å². The molecule has 0 aliphatic carbocycles. The highest BCUT2D eigenvalue weighted by Crippen LogP contribution is 2.27. The van der Waals surface area contributed by atoms with Crippen LogP contribution in [0.2, 0.25) is 0 Å². The van der Waals surface area contributed by atoms with Gasteiger partial charge in [-0.2, -0.15) is 0 Å². The van der Waals surface area contributed by atoms with Crippen molar-refractivity contribution in [3.63, 3.8) is 0 Å². The Labute approximate surface area is 113 Å². The van der Waals surface area contributed by atoms with Gasteiger partial charge in [0.2, 0.25) is 0 Å². The zero-order chi connectivity index (χ0) is 13.0. The average Bonchev–Trinajstić information content (AvgIpc) is 2.29. The van der Waals surface area contributed by atoms with Crippen molar-refractivity contribution in [1.29, 1.82) is 0 Å². The Bertz CT molecular complexity index is 260. The van der Waals surface area contributed by atoms with Crippen molar-refractivity contribution in [1.82, 2.24) is 9.80 Å². The van der Waals surface area contributed by atoms with Gasteiger partial charge in [0.15, 0.2) is 0 Å². The Morgan fingerprint density at radius 2 is 1.67 bits per heavy atom. The molecule has 104 valence electrons. The quantitative estimate of drug-likeness (QED) is 0.669. The summed E-state index contributed by atoms with van der Waals surface area (Å²) in [6.45, 7) is 16.1. The standard InChI is InChI=1S/C16H30N2/c1-4-17-12-16(13-17)6-5-15-7-9-18(10-8-15)11-14(2)3/h15-16H,2,4-13H2,1,3H3. The van der Waals surface area contributed by atoms with Crippen molar-refractivity contribution in [2.75, 3.05) is 39.3 Å². The molecule has 2 heterocycles. The molecular weight excluding hydrogens is 220 g/mol. The van der Waals surface area contributed by atoms with Crippen molar-refractivity contribution in [3.05, 3.63) is 12.2 Å². The molecule has 2 nitrogen and oxygen atoms in total. The molecule has 0 saturated carbocycles. The molecule has 0 aromatic heterocycles. The third kappa shape index (κ3) is 4.10.